The van der Waals surface area contributed by atoms with Gasteiger partial charge in [-0.2, -0.15) is 0 Å². The van der Waals surface area contributed by atoms with Gasteiger partial charge in [-0.1, -0.05) is 37.5 Å². The third-order valence-corrected chi connectivity index (χ3v) is 5.02. The number of carboxylic acid groups (broad SMARTS) is 1. The molecular weight excluding hydrogens is 278 g/mol. The van der Waals surface area contributed by atoms with Crippen LogP contribution in [0.25, 0.3) is 0 Å². The lowest BCUT2D eigenvalue weighted by atomic mass is 9.81. The predicted octanol–water partition coefficient (Wildman–Crippen LogP) is 2.62. The number of carbonyl (C=O) groups is 2. The van der Waals surface area contributed by atoms with Crippen LogP contribution in [0.1, 0.15) is 55.2 Å². The van der Waals surface area contributed by atoms with Gasteiger partial charge in [0.1, 0.15) is 5.54 Å². The van der Waals surface area contributed by atoms with Gasteiger partial charge in [0, 0.05) is 0 Å². The van der Waals surface area contributed by atoms with Crippen LogP contribution in [0.15, 0.2) is 18.2 Å². The van der Waals surface area contributed by atoms with Gasteiger partial charge in [-0.05, 0) is 48.8 Å². The molecule has 118 valence electrons. The van der Waals surface area contributed by atoms with E-state index in [0.29, 0.717) is 12.8 Å². The van der Waals surface area contributed by atoms with E-state index in [0.717, 1.165) is 37.7 Å². The summed E-state index contributed by atoms with van der Waals surface area (Å²) in [7, 11) is 0. The lowest BCUT2D eigenvalue weighted by Gasteiger charge is -2.34. The number of fused-ring (bicyclic) bond motifs is 1. The maximum absolute atomic E-state index is 12.3. The van der Waals surface area contributed by atoms with Gasteiger partial charge in [-0.15, -0.1) is 0 Å². The van der Waals surface area contributed by atoms with Crippen LogP contribution in [0.4, 0.5) is 0 Å². The molecule has 1 saturated carbocycles. The summed E-state index contributed by atoms with van der Waals surface area (Å²) >= 11 is 0. The van der Waals surface area contributed by atoms with Crippen molar-refractivity contribution >= 4 is 11.9 Å². The zero-order valence-corrected chi connectivity index (χ0v) is 12.9. The minimum Gasteiger partial charge on any atom is -0.480 e. The Morgan fingerprint density at radius 3 is 2.50 bits per heavy atom. The quantitative estimate of drug-likeness (QED) is 0.898. The summed E-state index contributed by atoms with van der Waals surface area (Å²) in [5, 5.41) is 12.3. The van der Waals surface area contributed by atoms with E-state index in [-0.39, 0.29) is 12.3 Å². The number of carboxylic acids is 1. The van der Waals surface area contributed by atoms with Crippen molar-refractivity contribution in [3.63, 3.8) is 0 Å². The van der Waals surface area contributed by atoms with Crippen LogP contribution >= 0.6 is 0 Å². The number of aliphatic carboxylic acids is 1. The lowest BCUT2D eigenvalue weighted by Crippen LogP contribution is -2.55. The van der Waals surface area contributed by atoms with Crippen molar-refractivity contribution in [2.75, 3.05) is 0 Å². The number of benzene rings is 1. The molecule has 0 unspecified atom stereocenters. The summed E-state index contributed by atoms with van der Waals surface area (Å²) < 4.78 is 0. The average molecular weight is 301 g/mol. The van der Waals surface area contributed by atoms with Crippen LogP contribution in [0.5, 0.6) is 0 Å². The summed E-state index contributed by atoms with van der Waals surface area (Å²) in [6.45, 7) is 0. The van der Waals surface area contributed by atoms with Crippen molar-refractivity contribution in [1.82, 2.24) is 5.32 Å². The Morgan fingerprint density at radius 1 is 1.05 bits per heavy atom. The molecular formula is C18H23NO3. The minimum atomic E-state index is -1.05. The lowest BCUT2D eigenvalue weighted by molar-refractivity contribution is -0.149. The molecule has 0 bridgehead atoms. The highest BCUT2D eigenvalue weighted by Crippen LogP contribution is 2.29. The molecule has 1 aromatic rings. The van der Waals surface area contributed by atoms with Gasteiger partial charge < -0.3 is 10.4 Å². The molecule has 0 aromatic heterocycles. The van der Waals surface area contributed by atoms with Crippen molar-refractivity contribution in [1.29, 1.82) is 0 Å². The molecule has 2 aliphatic rings. The van der Waals surface area contributed by atoms with E-state index in [2.05, 4.69) is 17.4 Å². The van der Waals surface area contributed by atoms with E-state index in [9.17, 15) is 14.7 Å². The van der Waals surface area contributed by atoms with E-state index in [1.165, 1.54) is 17.5 Å². The SMILES string of the molecule is O=C(Cc1ccc2c(c1)CCC2)NC1(C(=O)O)CCCCC1. The van der Waals surface area contributed by atoms with E-state index < -0.39 is 11.5 Å². The molecule has 3 rings (SSSR count). The first-order valence-electron chi connectivity index (χ1n) is 8.24. The summed E-state index contributed by atoms with van der Waals surface area (Å²) in [6, 6.07) is 6.22. The fourth-order valence-electron chi connectivity index (χ4n) is 3.78. The summed E-state index contributed by atoms with van der Waals surface area (Å²) in [6.07, 6.45) is 7.53. The third-order valence-electron chi connectivity index (χ3n) is 5.02. The van der Waals surface area contributed by atoms with E-state index in [1.54, 1.807) is 0 Å². The Balaban J connectivity index is 1.67. The molecule has 1 fully saturated rings. The molecule has 4 heteroatoms. The maximum atomic E-state index is 12.3. The van der Waals surface area contributed by atoms with Gasteiger partial charge in [0.25, 0.3) is 0 Å². The van der Waals surface area contributed by atoms with Crippen molar-refractivity contribution < 1.29 is 14.7 Å². The maximum Gasteiger partial charge on any atom is 0.329 e. The Labute approximate surface area is 130 Å². The molecule has 1 aromatic carbocycles. The molecule has 0 spiro atoms. The molecule has 0 saturated heterocycles. The number of amides is 1. The number of carbonyl (C=O) groups excluding carboxylic acids is 1. The fourth-order valence-corrected chi connectivity index (χ4v) is 3.78. The van der Waals surface area contributed by atoms with Gasteiger partial charge in [0.15, 0.2) is 0 Å². The number of nitrogens with one attached hydrogen (secondary N) is 1. The standard InChI is InChI=1S/C18H23NO3/c20-16(19-18(17(21)22)9-2-1-3-10-18)12-13-7-8-14-5-4-6-15(14)11-13/h7-8,11H,1-6,9-10,12H2,(H,19,20)(H,21,22). The number of hydrogen-bond donors (Lipinski definition) is 2. The molecule has 0 heterocycles. The van der Waals surface area contributed by atoms with Crippen molar-refractivity contribution in [2.45, 2.75) is 63.3 Å². The largest absolute Gasteiger partial charge is 0.480 e. The number of rotatable bonds is 4. The summed E-state index contributed by atoms with van der Waals surface area (Å²) in [4.78, 5) is 23.9. The van der Waals surface area contributed by atoms with E-state index in [1.807, 2.05) is 6.07 Å². The van der Waals surface area contributed by atoms with Crippen molar-refractivity contribution in [3.05, 3.63) is 34.9 Å². The smallest absolute Gasteiger partial charge is 0.329 e. The first-order valence-corrected chi connectivity index (χ1v) is 8.24. The molecule has 22 heavy (non-hydrogen) atoms. The minimum absolute atomic E-state index is 0.178. The topological polar surface area (TPSA) is 66.4 Å². The van der Waals surface area contributed by atoms with Crippen LogP contribution in [0, 0.1) is 0 Å². The highest BCUT2D eigenvalue weighted by atomic mass is 16.4. The van der Waals surface area contributed by atoms with E-state index in [4.69, 9.17) is 0 Å². The van der Waals surface area contributed by atoms with Gasteiger partial charge in [-0.3, -0.25) is 4.79 Å². The van der Waals surface area contributed by atoms with Gasteiger partial charge in [-0.25, -0.2) is 4.79 Å². The predicted molar refractivity (Wildman–Crippen MR) is 83.8 cm³/mol. The highest BCUT2D eigenvalue weighted by molar-refractivity contribution is 5.88. The molecule has 1 amide bonds. The summed E-state index contributed by atoms with van der Waals surface area (Å²) in [5.74, 6) is -1.07. The van der Waals surface area contributed by atoms with Crippen molar-refractivity contribution in [3.8, 4) is 0 Å². The zero-order valence-electron chi connectivity index (χ0n) is 12.9. The van der Waals surface area contributed by atoms with Crippen LogP contribution in [0.2, 0.25) is 0 Å². The highest BCUT2D eigenvalue weighted by Gasteiger charge is 2.40. The molecule has 4 nitrogen and oxygen atoms in total. The first kappa shape index (κ1) is 15.1. The second-order valence-electron chi connectivity index (χ2n) is 6.63. The molecule has 0 atom stereocenters. The monoisotopic (exact) mass is 301 g/mol. The molecule has 2 aliphatic carbocycles. The zero-order chi connectivity index (χ0) is 15.6. The van der Waals surface area contributed by atoms with Crippen LogP contribution < -0.4 is 5.32 Å². The Hall–Kier alpha value is -1.84. The van der Waals surface area contributed by atoms with Crippen LogP contribution in [-0.4, -0.2) is 22.5 Å². The number of aryl methyl sites for hydroxylation is 2. The Bertz CT molecular complexity index is 588. The normalized spacial score (nSPS) is 19.5. The second kappa shape index (κ2) is 6.11. The Kier molecular flexibility index (Phi) is 4.19. The molecule has 2 N–H and O–H groups in total. The van der Waals surface area contributed by atoms with Gasteiger partial charge in [0.05, 0.1) is 6.42 Å². The van der Waals surface area contributed by atoms with Gasteiger partial charge in [0.2, 0.25) is 5.91 Å². The van der Waals surface area contributed by atoms with Crippen molar-refractivity contribution in [2.24, 2.45) is 0 Å². The van der Waals surface area contributed by atoms with Crippen LogP contribution in [-0.2, 0) is 28.9 Å². The fraction of sp³-hybridized carbons (Fsp3) is 0.556. The molecule has 0 aliphatic heterocycles. The van der Waals surface area contributed by atoms with Gasteiger partial charge >= 0.3 is 5.97 Å². The first-order chi connectivity index (χ1) is 10.6. The Morgan fingerprint density at radius 2 is 1.77 bits per heavy atom. The number of hydrogen-bond acceptors (Lipinski definition) is 2. The third kappa shape index (κ3) is 3.01. The summed E-state index contributed by atoms with van der Waals surface area (Å²) in [5.41, 5.74) is 2.66. The van der Waals surface area contributed by atoms with E-state index >= 15 is 0 Å². The second-order valence-corrected chi connectivity index (χ2v) is 6.63. The van der Waals surface area contributed by atoms with Crippen LogP contribution in [0.3, 0.4) is 0 Å². The average Bonchev–Trinajstić information content (AvgIpc) is 2.95. The molecule has 0 radical (unpaired) electrons.